The lowest BCUT2D eigenvalue weighted by atomic mass is 9.95. The van der Waals surface area contributed by atoms with Crippen LogP contribution in [0.5, 0.6) is 0 Å². The molecule has 4 aromatic carbocycles. The first-order valence-corrected chi connectivity index (χ1v) is 18.7. The highest BCUT2D eigenvalue weighted by Gasteiger charge is 2.38. The van der Waals surface area contributed by atoms with Crippen molar-refractivity contribution in [1.82, 2.24) is 31.2 Å². The Labute approximate surface area is 321 Å². The van der Waals surface area contributed by atoms with Crippen molar-refractivity contribution in [2.45, 2.75) is 95.5 Å². The zero-order chi connectivity index (χ0) is 39.0. The van der Waals surface area contributed by atoms with Crippen LogP contribution >= 0.6 is 0 Å². The summed E-state index contributed by atoms with van der Waals surface area (Å²) in [6.45, 7) is 5.80. The quantitative estimate of drug-likeness (QED) is 0.0817. The second-order valence-corrected chi connectivity index (χ2v) is 15.0. The molecule has 0 aliphatic heterocycles. The van der Waals surface area contributed by atoms with Crippen molar-refractivity contribution in [3.63, 3.8) is 0 Å². The molecule has 0 unspecified atom stereocenters. The Bertz CT molecular complexity index is 2030. The molecule has 3 amide bonds. The second-order valence-electron chi connectivity index (χ2n) is 15.0. The number of carbonyl (C=O) groups excluding carboxylic acids is 3. The number of hydrogen-bond acceptors (Lipinski definition) is 8. The Morgan fingerprint density at radius 1 is 0.873 bits per heavy atom. The van der Waals surface area contributed by atoms with E-state index >= 15 is 0 Å². The molecule has 288 valence electrons. The number of alkyl carbamates (subject to hydrolysis) is 1. The lowest BCUT2D eigenvalue weighted by Crippen LogP contribution is -2.60. The molecule has 12 heteroatoms. The summed E-state index contributed by atoms with van der Waals surface area (Å²) in [4.78, 5) is 47.6. The van der Waals surface area contributed by atoms with Crippen LogP contribution in [-0.4, -0.2) is 68.0 Å². The number of carbonyl (C=O) groups is 3. The number of aliphatic hydroxyl groups excluding tert-OH is 2. The number of ether oxygens (including phenoxy) is 1. The van der Waals surface area contributed by atoms with E-state index in [-0.39, 0.29) is 18.9 Å². The number of aromatic amines is 1. The van der Waals surface area contributed by atoms with E-state index in [9.17, 15) is 24.6 Å². The van der Waals surface area contributed by atoms with E-state index in [1.54, 1.807) is 20.8 Å². The Balaban J connectivity index is 1.13. The number of aliphatic hydroxyl groups is 2. The van der Waals surface area contributed by atoms with Crippen LogP contribution < -0.4 is 21.3 Å². The smallest absolute Gasteiger partial charge is 0.407 e. The predicted octanol–water partition coefficient (Wildman–Crippen LogP) is 4.54. The molecule has 0 radical (unpaired) electrons. The SMILES string of the molecule is CC(C)(C)OC(=O)N[C@@H](Cc1ccccc1)[C@@H](O)[C@@H](NCc1ccc(CNC(=O)CCc2nc3ccccc3[nH]2)cc1)C(=O)N[C@H]1c2ccccc2C[C@H]1O. The summed E-state index contributed by atoms with van der Waals surface area (Å²) in [7, 11) is 0. The summed E-state index contributed by atoms with van der Waals surface area (Å²) in [5.74, 6) is 0.148. The van der Waals surface area contributed by atoms with Crippen LogP contribution in [0.2, 0.25) is 0 Å². The number of amides is 3. The first kappa shape index (κ1) is 39.1. The lowest BCUT2D eigenvalue weighted by Gasteiger charge is -2.32. The number of para-hydroxylation sites is 2. The van der Waals surface area contributed by atoms with Gasteiger partial charge in [-0.05, 0) is 67.1 Å². The molecular formula is C43H50N6O6. The average Bonchev–Trinajstić information content (AvgIpc) is 3.72. The number of nitrogens with one attached hydrogen (secondary N) is 5. The zero-order valence-electron chi connectivity index (χ0n) is 31.4. The lowest BCUT2D eigenvalue weighted by molar-refractivity contribution is -0.128. The number of aromatic nitrogens is 2. The zero-order valence-corrected chi connectivity index (χ0v) is 31.4. The number of nitrogens with zero attached hydrogens (tertiary/aromatic N) is 1. The molecular weight excluding hydrogens is 697 g/mol. The van der Waals surface area contributed by atoms with Crippen molar-refractivity contribution in [2.75, 3.05) is 0 Å². The minimum Gasteiger partial charge on any atom is -0.444 e. The fraction of sp³-hybridized carbons (Fsp3) is 0.349. The molecule has 5 aromatic rings. The van der Waals surface area contributed by atoms with Crippen molar-refractivity contribution < 1.29 is 29.3 Å². The molecule has 0 fully saturated rings. The Morgan fingerprint density at radius 3 is 2.27 bits per heavy atom. The summed E-state index contributed by atoms with van der Waals surface area (Å²) in [6.07, 6.45) is -1.55. The molecule has 1 aliphatic rings. The molecule has 0 saturated heterocycles. The second kappa shape index (κ2) is 17.7. The van der Waals surface area contributed by atoms with Crippen LogP contribution in [0.1, 0.15) is 66.9 Å². The molecule has 0 spiro atoms. The fourth-order valence-electron chi connectivity index (χ4n) is 6.82. The standard InChI is InChI=1S/C43H50N6O6/c1-43(2,3)55-42(54)48-34(23-27-11-5-4-6-12-27)40(52)39(41(53)49-38-31-14-8-7-13-30(31)24-35(38)50)45-26-29-19-17-28(18-20-29)25-44-37(51)22-21-36-46-32-15-9-10-16-33(32)47-36/h4-20,34-35,38-40,45,50,52H,21-26H2,1-3H3,(H,44,51)(H,46,47)(H,48,54)(H,49,53)/t34-,35+,38-,39+,40+/m0/s1. The van der Waals surface area contributed by atoms with Crippen LogP contribution in [-0.2, 0) is 46.7 Å². The largest absolute Gasteiger partial charge is 0.444 e. The van der Waals surface area contributed by atoms with E-state index in [0.29, 0.717) is 25.8 Å². The topological polar surface area (TPSA) is 178 Å². The van der Waals surface area contributed by atoms with Crippen molar-refractivity contribution in [3.05, 3.63) is 137 Å². The van der Waals surface area contributed by atoms with Gasteiger partial charge in [-0.25, -0.2) is 9.78 Å². The highest BCUT2D eigenvalue weighted by atomic mass is 16.6. The number of imidazole rings is 1. The average molecular weight is 747 g/mol. The normalized spacial score (nSPS) is 16.8. The number of aryl methyl sites for hydroxylation is 1. The molecule has 12 nitrogen and oxygen atoms in total. The number of rotatable bonds is 15. The van der Waals surface area contributed by atoms with Gasteiger partial charge in [-0.2, -0.15) is 0 Å². The summed E-state index contributed by atoms with van der Waals surface area (Å²) in [6, 6.07) is 29.5. The van der Waals surface area contributed by atoms with Crippen molar-refractivity contribution >= 4 is 28.9 Å². The van der Waals surface area contributed by atoms with Crippen LogP contribution in [0.3, 0.4) is 0 Å². The summed E-state index contributed by atoms with van der Waals surface area (Å²) in [5, 5.41) is 34.9. The first-order chi connectivity index (χ1) is 26.4. The third kappa shape index (κ3) is 10.8. The number of hydrogen-bond donors (Lipinski definition) is 7. The van der Waals surface area contributed by atoms with Gasteiger partial charge in [-0.15, -0.1) is 0 Å². The van der Waals surface area contributed by atoms with E-state index in [2.05, 4.69) is 31.2 Å². The van der Waals surface area contributed by atoms with Crippen LogP contribution in [0.25, 0.3) is 11.0 Å². The van der Waals surface area contributed by atoms with E-state index in [1.807, 2.05) is 103 Å². The maximum atomic E-state index is 14.1. The van der Waals surface area contributed by atoms with E-state index < -0.39 is 47.9 Å². The maximum Gasteiger partial charge on any atom is 0.407 e. The van der Waals surface area contributed by atoms with Crippen LogP contribution in [0.15, 0.2) is 103 Å². The third-order valence-electron chi connectivity index (χ3n) is 9.60. The molecule has 5 atom stereocenters. The van der Waals surface area contributed by atoms with E-state index in [1.165, 1.54) is 0 Å². The monoisotopic (exact) mass is 746 g/mol. The number of fused-ring (bicyclic) bond motifs is 2. The Kier molecular flexibility index (Phi) is 12.6. The van der Waals surface area contributed by atoms with Gasteiger partial charge in [-0.3, -0.25) is 14.9 Å². The van der Waals surface area contributed by atoms with Gasteiger partial charge in [0.25, 0.3) is 0 Å². The molecule has 7 N–H and O–H groups in total. The Hall–Kier alpha value is -5.56. The minimum atomic E-state index is -1.41. The van der Waals surface area contributed by atoms with Gasteiger partial charge in [0, 0.05) is 32.4 Å². The first-order valence-electron chi connectivity index (χ1n) is 18.7. The third-order valence-corrected chi connectivity index (χ3v) is 9.60. The molecule has 1 aliphatic carbocycles. The van der Waals surface area contributed by atoms with Crippen molar-refractivity contribution in [1.29, 1.82) is 0 Å². The van der Waals surface area contributed by atoms with Crippen LogP contribution in [0, 0.1) is 0 Å². The molecule has 1 aromatic heterocycles. The maximum absolute atomic E-state index is 14.1. The van der Waals surface area contributed by atoms with Gasteiger partial charge in [0.1, 0.15) is 17.5 Å². The van der Waals surface area contributed by atoms with Gasteiger partial charge in [-0.1, -0.05) is 91.0 Å². The minimum absolute atomic E-state index is 0.0888. The predicted molar refractivity (Wildman–Crippen MR) is 210 cm³/mol. The number of benzene rings is 4. The van der Waals surface area contributed by atoms with Gasteiger partial charge < -0.3 is 35.9 Å². The molecule has 6 rings (SSSR count). The van der Waals surface area contributed by atoms with Gasteiger partial charge in [0.2, 0.25) is 11.8 Å². The van der Waals surface area contributed by atoms with Crippen LogP contribution in [0.4, 0.5) is 4.79 Å². The summed E-state index contributed by atoms with van der Waals surface area (Å²) < 4.78 is 5.53. The molecule has 55 heavy (non-hydrogen) atoms. The highest BCUT2D eigenvalue weighted by molar-refractivity contribution is 5.83. The van der Waals surface area contributed by atoms with E-state index in [0.717, 1.165) is 44.7 Å². The summed E-state index contributed by atoms with van der Waals surface area (Å²) in [5.41, 5.74) is 5.37. The molecule has 0 saturated carbocycles. The fourth-order valence-corrected chi connectivity index (χ4v) is 6.82. The Morgan fingerprint density at radius 2 is 1.55 bits per heavy atom. The molecule has 1 heterocycles. The van der Waals surface area contributed by atoms with Gasteiger partial charge in [0.05, 0.1) is 35.3 Å². The van der Waals surface area contributed by atoms with Crippen molar-refractivity contribution in [3.8, 4) is 0 Å². The summed E-state index contributed by atoms with van der Waals surface area (Å²) >= 11 is 0. The molecule has 0 bridgehead atoms. The highest BCUT2D eigenvalue weighted by Crippen LogP contribution is 2.31. The number of H-pyrrole nitrogens is 1. The van der Waals surface area contributed by atoms with Crippen molar-refractivity contribution in [2.24, 2.45) is 0 Å². The van der Waals surface area contributed by atoms with Gasteiger partial charge in [0.15, 0.2) is 0 Å². The van der Waals surface area contributed by atoms with Gasteiger partial charge >= 0.3 is 6.09 Å². The van der Waals surface area contributed by atoms with E-state index in [4.69, 9.17) is 4.74 Å².